The van der Waals surface area contributed by atoms with Crippen LogP contribution in [-0.4, -0.2) is 102 Å². The quantitative estimate of drug-likeness (QED) is 0.663. The Bertz CT molecular complexity index is 562. The van der Waals surface area contributed by atoms with Crippen LogP contribution in [0.2, 0.25) is 0 Å². The van der Waals surface area contributed by atoms with E-state index >= 15 is 0 Å². The van der Waals surface area contributed by atoms with Crippen LogP contribution in [0.3, 0.4) is 0 Å². The molecular formula is C18H28N4O4. The average molecular weight is 364 g/mol. The Kier molecular flexibility index (Phi) is 5.13. The maximum absolute atomic E-state index is 12.7. The first-order chi connectivity index (χ1) is 12.6. The largest absolute Gasteiger partial charge is 0.378 e. The number of imide groups is 1. The second kappa shape index (κ2) is 7.52. The maximum Gasteiger partial charge on any atom is 0.320 e. The Labute approximate surface area is 154 Å². The lowest BCUT2D eigenvalue weighted by atomic mass is 10.1. The van der Waals surface area contributed by atoms with E-state index in [1.54, 1.807) is 0 Å². The smallest absolute Gasteiger partial charge is 0.320 e. The summed E-state index contributed by atoms with van der Waals surface area (Å²) < 4.78 is 5.33. The number of ether oxygens (including phenoxy) is 1. The Morgan fingerprint density at radius 1 is 1.00 bits per heavy atom. The number of carbonyl (C=O) groups excluding carboxylic acids is 3. The Morgan fingerprint density at radius 3 is 2.38 bits per heavy atom. The lowest BCUT2D eigenvalue weighted by Gasteiger charge is -2.38. The van der Waals surface area contributed by atoms with Crippen molar-refractivity contribution < 1.29 is 19.1 Å². The molecule has 0 saturated carbocycles. The van der Waals surface area contributed by atoms with Gasteiger partial charge in [0.2, 0.25) is 11.8 Å². The predicted molar refractivity (Wildman–Crippen MR) is 93.4 cm³/mol. The van der Waals surface area contributed by atoms with E-state index in [-0.39, 0.29) is 17.8 Å². The fourth-order valence-electron chi connectivity index (χ4n) is 4.67. The molecule has 144 valence electrons. The molecule has 0 aromatic rings. The van der Waals surface area contributed by atoms with Crippen LogP contribution in [0.5, 0.6) is 0 Å². The second-order valence-electron chi connectivity index (χ2n) is 7.72. The molecule has 4 heterocycles. The van der Waals surface area contributed by atoms with Crippen LogP contribution < -0.4 is 0 Å². The molecule has 26 heavy (non-hydrogen) atoms. The highest BCUT2D eigenvalue weighted by molar-refractivity contribution is 5.97. The molecule has 4 fully saturated rings. The van der Waals surface area contributed by atoms with Crippen molar-refractivity contribution in [1.29, 1.82) is 0 Å². The summed E-state index contributed by atoms with van der Waals surface area (Å²) in [6.07, 6.45) is 3.55. The van der Waals surface area contributed by atoms with Gasteiger partial charge in [0.05, 0.1) is 13.2 Å². The SMILES string of the molecule is O=C1CCCC(=O)N1CCCN1CC2CC1CN2C(=O)N1CCOCC1. The number of hydrogen-bond donors (Lipinski definition) is 0. The molecule has 8 heteroatoms. The first-order valence-corrected chi connectivity index (χ1v) is 9.84. The zero-order valence-electron chi connectivity index (χ0n) is 15.3. The van der Waals surface area contributed by atoms with E-state index in [0.29, 0.717) is 64.2 Å². The monoisotopic (exact) mass is 364 g/mol. The van der Waals surface area contributed by atoms with E-state index in [0.717, 1.165) is 32.5 Å². The van der Waals surface area contributed by atoms with E-state index < -0.39 is 0 Å². The third kappa shape index (κ3) is 3.44. The van der Waals surface area contributed by atoms with Gasteiger partial charge in [0, 0.05) is 64.2 Å². The third-order valence-electron chi connectivity index (χ3n) is 6.09. The van der Waals surface area contributed by atoms with Crippen molar-refractivity contribution in [2.24, 2.45) is 0 Å². The summed E-state index contributed by atoms with van der Waals surface area (Å²) in [7, 11) is 0. The molecule has 2 atom stereocenters. The Balaban J connectivity index is 1.23. The molecule has 8 nitrogen and oxygen atoms in total. The van der Waals surface area contributed by atoms with Crippen LogP contribution in [0.25, 0.3) is 0 Å². The summed E-state index contributed by atoms with van der Waals surface area (Å²) in [5.74, 6) is -0.0436. The molecule has 0 N–H and O–H groups in total. The maximum atomic E-state index is 12.7. The minimum absolute atomic E-state index is 0.0218. The molecule has 4 amide bonds. The number of likely N-dealkylation sites (tertiary alicyclic amines) is 3. The fourth-order valence-corrected chi connectivity index (χ4v) is 4.67. The highest BCUT2D eigenvalue weighted by atomic mass is 16.5. The number of amides is 4. The Hall–Kier alpha value is -1.67. The van der Waals surface area contributed by atoms with E-state index in [1.165, 1.54) is 4.90 Å². The van der Waals surface area contributed by atoms with Gasteiger partial charge in [-0.2, -0.15) is 0 Å². The van der Waals surface area contributed by atoms with Crippen molar-refractivity contribution in [2.75, 3.05) is 52.5 Å². The Morgan fingerprint density at radius 2 is 1.73 bits per heavy atom. The number of morpholine rings is 1. The standard InChI is InChI=1S/C18H28N4O4/c23-16-3-1-4-17(24)21(16)6-2-5-20-12-15-11-14(20)13-22(15)18(25)19-7-9-26-10-8-19/h14-15H,1-13H2. The van der Waals surface area contributed by atoms with E-state index in [9.17, 15) is 14.4 Å². The molecule has 4 saturated heterocycles. The van der Waals surface area contributed by atoms with Crippen LogP contribution in [0.15, 0.2) is 0 Å². The first kappa shape index (κ1) is 17.7. The zero-order chi connectivity index (χ0) is 18.1. The van der Waals surface area contributed by atoms with Crippen LogP contribution in [-0.2, 0) is 14.3 Å². The van der Waals surface area contributed by atoms with E-state index in [2.05, 4.69) is 4.90 Å². The van der Waals surface area contributed by atoms with Crippen molar-refractivity contribution in [3.8, 4) is 0 Å². The summed E-state index contributed by atoms with van der Waals surface area (Å²) in [5, 5.41) is 0. The van der Waals surface area contributed by atoms with Gasteiger partial charge in [0.1, 0.15) is 0 Å². The lowest BCUT2D eigenvalue weighted by Crippen LogP contribution is -2.55. The number of fused-ring (bicyclic) bond motifs is 2. The normalized spacial score (nSPS) is 29.8. The molecule has 0 aromatic heterocycles. The minimum atomic E-state index is -0.0218. The summed E-state index contributed by atoms with van der Waals surface area (Å²) in [4.78, 5) is 44.2. The predicted octanol–water partition coefficient (Wildman–Crippen LogP) is 0.126. The van der Waals surface area contributed by atoms with Crippen LogP contribution >= 0.6 is 0 Å². The van der Waals surface area contributed by atoms with Crippen LogP contribution in [0.1, 0.15) is 32.1 Å². The zero-order valence-corrected chi connectivity index (χ0v) is 15.3. The molecule has 2 unspecified atom stereocenters. The molecule has 2 bridgehead atoms. The van der Waals surface area contributed by atoms with Gasteiger partial charge in [-0.3, -0.25) is 19.4 Å². The molecular weight excluding hydrogens is 336 g/mol. The third-order valence-corrected chi connectivity index (χ3v) is 6.09. The number of piperazine rings is 1. The number of hydrogen-bond acceptors (Lipinski definition) is 5. The summed E-state index contributed by atoms with van der Waals surface area (Å²) in [5.41, 5.74) is 0. The molecule has 4 aliphatic rings. The van der Waals surface area contributed by atoms with Gasteiger partial charge in [-0.1, -0.05) is 0 Å². The van der Waals surface area contributed by atoms with Crippen molar-refractivity contribution in [3.63, 3.8) is 0 Å². The average Bonchev–Trinajstić information content (AvgIpc) is 3.25. The highest BCUT2D eigenvalue weighted by Gasteiger charge is 2.46. The van der Waals surface area contributed by atoms with E-state index in [4.69, 9.17) is 4.74 Å². The molecule has 0 aromatic carbocycles. The number of nitrogens with zero attached hydrogens (tertiary/aromatic N) is 4. The highest BCUT2D eigenvalue weighted by Crippen LogP contribution is 2.31. The van der Waals surface area contributed by atoms with Crippen LogP contribution in [0, 0.1) is 0 Å². The first-order valence-electron chi connectivity index (χ1n) is 9.84. The van der Waals surface area contributed by atoms with Crippen LogP contribution in [0.4, 0.5) is 4.79 Å². The van der Waals surface area contributed by atoms with Gasteiger partial charge in [0.25, 0.3) is 0 Å². The second-order valence-corrected chi connectivity index (χ2v) is 7.72. The van der Waals surface area contributed by atoms with Gasteiger partial charge in [-0.15, -0.1) is 0 Å². The van der Waals surface area contributed by atoms with E-state index in [1.807, 2.05) is 9.80 Å². The van der Waals surface area contributed by atoms with Gasteiger partial charge < -0.3 is 14.5 Å². The number of carbonyl (C=O) groups is 3. The molecule has 4 rings (SSSR count). The molecule has 0 radical (unpaired) electrons. The number of piperidine rings is 1. The van der Waals surface area contributed by atoms with Crippen molar-refractivity contribution in [2.45, 2.75) is 44.2 Å². The molecule has 0 spiro atoms. The fraction of sp³-hybridized carbons (Fsp3) is 0.833. The number of rotatable bonds is 4. The van der Waals surface area contributed by atoms with Gasteiger partial charge >= 0.3 is 6.03 Å². The molecule has 4 aliphatic heterocycles. The minimum Gasteiger partial charge on any atom is -0.378 e. The van der Waals surface area contributed by atoms with Crippen molar-refractivity contribution >= 4 is 17.8 Å². The number of urea groups is 1. The summed E-state index contributed by atoms with van der Waals surface area (Å²) in [6, 6.07) is 0.872. The van der Waals surface area contributed by atoms with Crippen molar-refractivity contribution in [1.82, 2.24) is 19.6 Å². The van der Waals surface area contributed by atoms with Gasteiger partial charge in [-0.25, -0.2) is 4.79 Å². The topological polar surface area (TPSA) is 73.4 Å². The van der Waals surface area contributed by atoms with Gasteiger partial charge in [-0.05, 0) is 19.3 Å². The van der Waals surface area contributed by atoms with Crippen molar-refractivity contribution in [3.05, 3.63) is 0 Å². The van der Waals surface area contributed by atoms with Gasteiger partial charge in [0.15, 0.2) is 0 Å². The lowest BCUT2D eigenvalue weighted by molar-refractivity contribution is -0.148. The summed E-state index contributed by atoms with van der Waals surface area (Å²) >= 11 is 0. The summed E-state index contributed by atoms with van der Waals surface area (Å²) in [6.45, 7) is 5.76. The molecule has 0 aliphatic carbocycles.